The van der Waals surface area contributed by atoms with Gasteiger partial charge < -0.3 is 5.73 Å². The van der Waals surface area contributed by atoms with Crippen LogP contribution in [0.3, 0.4) is 0 Å². The molecule has 2 N–H and O–H groups in total. The van der Waals surface area contributed by atoms with Gasteiger partial charge in [0.15, 0.2) is 0 Å². The molecule has 1 aromatic carbocycles. The zero-order valence-corrected chi connectivity index (χ0v) is 9.49. The molecule has 0 spiro atoms. The standard InChI is InChI=1S/C11H15F2NS/c1-2-3-9(14)7-15-11-5-4-8(12)6-10(11)13/h4-6,9H,2-3,7,14H2,1H3. The fourth-order valence-electron chi connectivity index (χ4n) is 1.24. The van der Waals surface area contributed by atoms with Crippen LogP contribution in [0, 0.1) is 11.6 Å². The van der Waals surface area contributed by atoms with Crippen molar-refractivity contribution in [1.29, 1.82) is 0 Å². The van der Waals surface area contributed by atoms with Crippen molar-refractivity contribution in [2.75, 3.05) is 5.75 Å². The zero-order valence-electron chi connectivity index (χ0n) is 8.67. The Hall–Kier alpha value is -0.610. The lowest BCUT2D eigenvalue weighted by Crippen LogP contribution is -2.22. The van der Waals surface area contributed by atoms with Crippen LogP contribution in [0.1, 0.15) is 19.8 Å². The van der Waals surface area contributed by atoms with E-state index in [9.17, 15) is 8.78 Å². The first-order valence-electron chi connectivity index (χ1n) is 4.97. The van der Waals surface area contributed by atoms with Gasteiger partial charge in [-0.25, -0.2) is 8.78 Å². The van der Waals surface area contributed by atoms with Gasteiger partial charge in [0.1, 0.15) is 11.6 Å². The maximum atomic E-state index is 13.2. The summed E-state index contributed by atoms with van der Waals surface area (Å²) in [6.07, 6.45) is 1.95. The fraction of sp³-hybridized carbons (Fsp3) is 0.455. The Morgan fingerprint density at radius 2 is 2.13 bits per heavy atom. The van der Waals surface area contributed by atoms with Crippen LogP contribution in [-0.2, 0) is 0 Å². The van der Waals surface area contributed by atoms with Crippen molar-refractivity contribution in [1.82, 2.24) is 0 Å². The quantitative estimate of drug-likeness (QED) is 0.788. The molecule has 1 nitrogen and oxygen atoms in total. The van der Waals surface area contributed by atoms with Gasteiger partial charge in [-0.3, -0.25) is 0 Å². The second-order valence-corrected chi connectivity index (χ2v) is 4.50. The van der Waals surface area contributed by atoms with Gasteiger partial charge in [-0.2, -0.15) is 0 Å². The second-order valence-electron chi connectivity index (χ2n) is 3.43. The molecule has 1 unspecified atom stereocenters. The number of thioether (sulfide) groups is 1. The highest BCUT2D eigenvalue weighted by atomic mass is 32.2. The molecule has 0 aliphatic heterocycles. The molecule has 0 saturated heterocycles. The molecule has 4 heteroatoms. The summed E-state index contributed by atoms with van der Waals surface area (Å²) in [5.41, 5.74) is 5.79. The van der Waals surface area contributed by atoms with E-state index in [0.29, 0.717) is 10.6 Å². The van der Waals surface area contributed by atoms with E-state index in [-0.39, 0.29) is 6.04 Å². The van der Waals surface area contributed by atoms with Crippen molar-refractivity contribution >= 4 is 11.8 Å². The number of hydrogen-bond donors (Lipinski definition) is 1. The van der Waals surface area contributed by atoms with Gasteiger partial charge in [-0.15, -0.1) is 11.8 Å². The van der Waals surface area contributed by atoms with E-state index >= 15 is 0 Å². The van der Waals surface area contributed by atoms with Crippen LogP contribution in [0.15, 0.2) is 23.1 Å². The van der Waals surface area contributed by atoms with E-state index in [0.717, 1.165) is 18.9 Å². The maximum Gasteiger partial charge on any atom is 0.139 e. The van der Waals surface area contributed by atoms with Crippen molar-refractivity contribution in [3.63, 3.8) is 0 Å². The van der Waals surface area contributed by atoms with Crippen molar-refractivity contribution in [2.24, 2.45) is 5.73 Å². The first-order chi connectivity index (χ1) is 7.13. The number of nitrogens with two attached hydrogens (primary N) is 1. The third-order valence-electron chi connectivity index (χ3n) is 2.01. The van der Waals surface area contributed by atoms with Crippen LogP contribution >= 0.6 is 11.8 Å². The van der Waals surface area contributed by atoms with Crippen LogP contribution in [0.5, 0.6) is 0 Å². The van der Waals surface area contributed by atoms with Gasteiger partial charge in [0.05, 0.1) is 0 Å². The number of rotatable bonds is 5. The number of benzene rings is 1. The SMILES string of the molecule is CCCC(N)CSc1ccc(F)cc1F. The van der Waals surface area contributed by atoms with Gasteiger partial charge in [0.2, 0.25) is 0 Å². The Morgan fingerprint density at radius 3 is 2.73 bits per heavy atom. The third kappa shape index (κ3) is 4.18. The van der Waals surface area contributed by atoms with E-state index < -0.39 is 11.6 Å². The summed E-state index contributed by atoms with van der Waals surface area (Å²) in [7, 11) is 0. The summed E-state index contributed by atoms with van der Waals surface area (Å²) in [5.74, 6) is -0.394. The minimum absolute atomic E-state index is 0.0736. The fourth-order valence-corrected chi connectivity index (χ4v) is 2.16. The molecular formula is C11H15F2NS. The summed E-state index contributed by atoms with van der Waals surface area (Å²) in [6, 6.07) is 3.68. The minimum atomic E-state index is -0.547. The van der Waals surface area contributed by atoms with Crippen molar-refractivity contribution in [2.45, 2.75) is 30.7 Å². The van der Waals surface area contributed by atoms with Crippen LogP contribution in [0.4, 0.5) is 8.78 Å². The molecule has 0 saturated carbocycles. The molecule has 0 amide bonds. The second kappa shape index (κ2) is 6.08. The summed E-state index contributed by atoms with van der Waals surface area (Å²) >= 11 is 1.34. The highest BCUT2D eigenvalue weighted by Gasteiger charge is 2.07. The monoisotopic (exact) mass is 231 g/mol. The lowest BCUT2D eigenvalue weighted by atomic mass is 10.2. The zero-order chi connectivity index (χ0) is 11.3. The molecule has 0 bridgehead atoms. The predicted molar refractivity (Wildman–Crippen MR) is 60.0 cm³/mol. The average molecular weight is 231 g/mol. The van der Waals surface area contributed by atoms with E-state index in [1.54, 1.807) is 0 Å². The molecule has 84 valence electrons. The van der Waals surface area contributed by atoms with E-state index in [1.165, 1.54) is 23.9 Å². The molecule has 1 atom stereocenters. The van der Waals surface area contributed by atoms with Gasteiger partial charge in [0.25, 0.3) is 0 Å². The Labute approximate surface area is 93.1 Å². The Morgan fingerprint density at radius 1 is 1.40 bits per heavy atom. The third-order valence-corrected chi connectivity index (χ3v) is 3.24. The van der Waals surface area contributed by atoms with Crippen LogP contribution in [0.25, 0.3) is 0 Å². The van der Waals surface area contributed by atoms with Gasteiger partial charge in [0, 0.05) is 22.8 Å². The summed E-state index contributed by atoms with van der Waals surface area (Å²) in [6.45, 7) is 2.06. The molecule has 0 aromatic heterocycles. The molecule has 0 aliphatic rings. The lowest BCUT2D eigenvalue weighted by molar-refractivity contribution is 0.565. The van der Waals surface area contributed by atoms with Crippen LogP contribution in [-0.4, -0.2) is 11.8 Å². The van der Waals surface area contributed by atoms with Crippen molar-refractivity contribution < 1.29 is 8.78 Å². The topological polar surface area (TPSA) is 26.0 Å². The van der Waals surface area contributed by atoms with Crippen LogP contribution < -0.4 is 5.73 Å². The highest BCUT2D eigenvalue weighted by molar-refractivity contribution is 7.99. The summed E-state index contributed by atoms with van der Waals surface area (Å²) < 4.78 is 25.8. The first-order valence-corrected chi connectivity index (χ1v) is 5.95. The maximum absolute atomic E-state index is 13.2. The molecule has 0 radical (unpaired) electrons. The average Bonchev–Trinajstić information content (AvgIpc) is 2.17. The van der Waals surface area contributed by atoms with Gasteiger partial charge in [-0.1, -0.05) is 13.3 Å². The largest absolute Gasteiger partial charge is 0.327 e. The molecule has 1 aromatic rings. The summed E-state index contributed by atoms with van der Waals surface area (Å²) in [5, 5.41) is 0. The van der Waals surface area contributed by atoms with E-state index in [4.69, 9.17) is 5.73 Å². The normalized spacial score (nSPS) is 12.8. The number of hydrogen-bond acceptors (Lipinski definition) is 2. The minimum Gasteiger partial charge on any atom is -0.327 e. The molecule has 1 rings (SSSR count). The van der Waals surface area contributed by atoms with Crippen LogP contribution in [0.2, 0.25) is 0 Å². The highest BCUT2D eigenvalue weighted by Crippen LogP contribution is 2.23. The Bertz CT molecular complexity index is 317. The Kier molecular flexibility index (Phi) is 5.05. The predicted octanol–water partition coefficient (Wildman–Crippen LogP) is 3.18. The smallest absolute Gasteiger partial charge is 0.139 e. The first kappa shape index (κ1) is 12.5. The lowest BCUT2D eigenvalue weighted by Gasteiger charge is -2.09. The van der Waals surface area contributed by atoms with Gasteiger partial charge >= 0.3 is 0 Å². The molecule has 0 heterocycles. The Balaban J connectivity index is 2.50. The van der Waals surface area contributed by atoms with E-state index in [1.807, 2.05) is 0 Å². The van der Waals surface area contributed by atoms with Gasteiger partial charge in [-0.05, 0) is 18.6 Å². The number of halogens is 2. The molecular weight excluding hydrogens is 216 g/mol. The van der Waals surface area contributed by atoms with E-state index in [2.05, 4.69) is 6.92 Å². The van der Waals surface area contributed by atoms with Crippen molar-refractivity contribution in [3.8, 4) is 0 Å². The summed E-state index contributed by atoms with van der Waals surface area (Å²) in [4.78, 5) is 0.461. The molecule has 0 aliphatic carbocycles. The molecule has 0 fully saturated rings. The van der Waals surface area contributed by atoms with Crippen molar-refractivity contribution in [3.05, 3.63) is 29.8 Å². The molecule has 15 heavy (non-hydrogen) atoms.